The van der Waals surface area contributed by atoms with Crippen LogP contribution in [0, 0.1) is 5.92 Å². The second-order valence-corrected chi connectivity index (χ2v) is 14.9. The van der Waals surface area contributed by atoms with Gasteiger partial charge in [0.05, 0.1) is 18.9 Å². The average molecular weight is 910 g/mol. The molecule has 0 aromatic heterocycles. The van der Waals surface area contributed by atoms with Crippen molar-refractivity contribution in [1.82, 2.24) is 31.9 Å². The number of phenols is 1. The van der Waals surface area contributed by atoms with E-state index < -0.39 is 152 Å². The molecule has 0 aliphatic carbocycles. The minimum atomic E-state index is -2.02. The number of hydrogen-bond acceptors (Lipinski definition) is 14. The zero-order valence-corrected chi connectivity index (χ0v) is 35.4. The first kappa shape index (κ1) is 55.1. The van der Waals surface area contributed by atoms with Crippen molar-refractivity contribution in [1.29, 1.82) is 0 Å². The molecule has 25 heteroatoms. The van der Waals surface area contributed by atoms with E-state index in [2.05, 4.69) is 31.9 Å². The Hall–Kier alpha value is -6.89. The van der Waals surface area contributed by atoms with Gasteiger partial charge in [-0.15, -0.1) is 0 Å². The number of nitrogens with two attached hydrogens (primary N) is 3. The van der Waals surface area contributed by atoms with Gasteiger partial charge in [0.2, 0.25) is 41.4 Å². The number of hydrogen-bond donors (Lipinski definition) is 14. The molecule has 7 amide bonds. The molecule has 1 aromatic carbocycles. The van der Waals surface area contributed by atoms with E-state index in [0.717, 1.165) is 0 Å². The minimum absolute atomic E-state index is 0.0406. The summed E-state index contributed by atoms with van der Waals surface area (Å²) in [4.78, 5) is 139. The predicted molar refractivity (Wildman–Crippen MR) is 221 cm³/mol. The topological polar surface area (TPSA) is 439 Å². The summed E-state index contributed by atoms with van der Waals surface area (Å²) in [5.74, 6) is -14.6. The number of unbranched alkanes of at least 4 members (excludes halogenated alkanes) is 1. The van der Waals surface area contributed by atoms with Crippen LogP contribution in [0.3, 0.4) is 0 Å². The number of amides is 7. The molecule has 0 radical (unpaired) electrons. The largest absolute Gasteiger partial charge is 0.508 e. The van der Waals surface area contributed by atoms with E-state index in [1.54, 1.807) is 6.92 Å². The maximum Gasteiger partial charge on any atom is 0.326 e. The Morgan fingerprint density at radius 1 is 0.578 bits per heavy atom. The SMILES string of the molecule is CC[C@H](C)[C@H](NC(=O)[C@H](CCC(=O)O)NC(=O)[C@H](CC(=O)O)NC(=O)[C@H](CCC(=O)O)NC(=O)[C@@H](N)Cc1ccc(O)cc1)C(=O)N[C@@H](CC(N)=O)C(=O)N[C@@H](CCCCN)C(=O)O. The normalized spacial score (nSPS) is 14.6. The van der Waals surface area contributed by atoms with Gasteiger partial charge in [0, 0.05) is 12.8 Å². The van der Waals surface area contributed by atoms with Gasteiger partial charge in [0.1, 0.15) is 42.0 Å². The zero-order chi connectivity index (χ0) is 48.7. The molecule has 0 unspecified atom stereocenters. The van der Waals surface area contributed by atoms with E-state index in [9.17, 15) is 78.3 Å². The third-order valence-electron chi connectivity index (χ3n) is 9.69. The molecule has 0 saturated heterocycles. The highest BCUT2D eigenvalue weighted by atomic mass is 16.4. The first-order valence-corrected chi connectivity index (χ1v) is 20.2. The number of carboxylic acids is 4. The third kappa shape index (κ3) is 20.8. The number of aliphatic carboxylic acids is 4. The molecule has 0 aliphatic heterocycles. The number of rotatable bonds is 31. The highest BCUT2D eigenvalue weighted by Crippen LogP contribution is 2.13. The Kier molecular flexibility index (Phi) is 24.1. The molecular weight excluding hydrogens is 850 g/mol. The standard InChI is InChI=1S/C39H59N9O16/c1-3-19(2)32(38(62)47-26(17-28(42)50)36(60)45-25(39(63)64)6-4-5-15-40)48-35(59)24(12-14-30(53)54)44-37(61)27(18-31(55)56)46-34(58)23(11-13-29(51)52)43-33(57)22(41)16-20-7-9-21(49)10-8-20/h7-10,19,22-27,32,49H,3-6,11-18,40-41H2,1-2H3,(H2,42,50)(H,43,57)(H,44,61)(H,45,60)(H,46,58)(H,47,62)(H,48,59)(H,51,52)(H,53,54)(H,55,56)(H,63,64)/t19-,22-,23-,24-,25-,26-,27-,32-/m0/s1. The number of carbonyl (C=O) groups is 11. The van der Waals surface area contributed by atoms with Crippen molar-refractivity contribution in [3.05, 3.63) is 29.8 Å². The van der Waals surface area contributed by atoms with Crippen LogP contribution in [0.5, 0.6) is 5.75 Å². The summed E-state index contributed by atoms with van der Waals surface area (Å²) in [5.41, 5.74) is 17.3. The van der Waals surface area contributed by atoms with E-state index in [1.165, 1.54) is 31.2 Å². The first-order chi connectivity index (χ1) is 30.0. The van der Waals surface area contributed by atoms with Crippen molar-refractivity contribution >= 4 is 65.2 Å². The van der Waals surface area contributed by atoms with Crippen molar-refractivity contribution in [2.75, 3.05) is 6.54 Å². The summed E-state index contributed by atoms with van der Waals surface area (Å²) in [7, 11) is 0. The predicted octanol–water partition coefficient (Wildman–Crippen LogP) is -3.49. The third-order valence-corrected chi connectivity index (χ3v) is 9.69. The van der Waals surface area contributed by atoms with Crippen LogP contribution < -0.4 is 49.1 Å². The number of phenolic OH excluding ortho intramolecular Hbond substituents is 1. The molecule has 356 valence electrons. The van der Waals surface area contributed by atoms with Gasteiger partial charge in [0.15, 0.2) is 0 Å². The summed E-state index contributed by atoms with van der Waals surface area (Å²) < 4.78 is 0. The molecule has 25 nitrogen and oxygen atoms in total. The molecule has 1 rings (SSSR count). The second-order valence-electron chi connectivity index (χ2n) is 14.9. The van der Waals surface area contributed by atoms with E-state index in [-0.39, 0.29) is 31.6 Å². The molecule has 0 heterocycles. The lowest BCUT2D eigenvalue weighted by atomic mass is 9.96. The Bertz CT molecular complexity index is 1830. The van der Waals surface area contributed by atoms with E-state index in [4.69, 9.17) is 17.2 Å². The summed E-state index contributed by atoms with van der Waals surface area (Å²) in [6.07, 6.45) is -3.78. The summed E-state index contributed by atoms with van der Waals surface area (Å²) in [6.45, 7) is 3.36. The Morgan fingerprint density at radius 3 is 1.50 bits per heavy atom. The van der Waals surface area contributed by atoms with Gasteiger partial charge >= 0.3 is 23.9 Å². The van der Waals surface area contributed by atoms with Crippen LogP contribution in [0.25, 0.3) is 0 Å². The van der Waals surface area contributed by atoms with E-state index in [1.807, 2.05) is 0 Å². The van der Waals surface area contributed by atoms with Crippen molar-refractivity contribution in [2.45, 2.75) is 127 Å². The lowest BCUT2D eigenvalue weighted by molar-refractivity contribution is -0.143. The van der Waals surface area contributed by atoms with Crippen LogP contribution in [0.1, 0.15) is 83.6 Å². The van der Waals surface area contributed by atoms with E-state index >= 15 is 0 Å². The van der Waals surface area contributed by atoms with Crippen molar-refractivity contribution in [3.8, 4) is 5.75 Å². The van der Waals surface area contributed by atoms with Crippen LogP contribution >= 0.6 is 0 Å². The molecule has 64 heavy (non-hydrogen) atoms. The molecule has 0 fully saturated rings. The molecule has 0 aliphatic rings. The van der Waals surface area contributed by atoms with Gasteiger partial charge < -0.3 is 74.6 Å². The number of nitrogens with one attached hydrogen (secondary N) is 6. The van der Waals surface area contributed by atoms with Crippen LogP contribution in [0.2, 0.25) is 0 Å². The lowest BCUT2D eigenvalue weighted by Gasteiger charge is -2.29. The first-order valence-electron chi connectivity index (χ1n) is 20.2. The van der Waals surface area contributed by atoms with E-state index in [0.29, 0.717) is 18.4 Å². The van der Waals surface area contributed by atoms with Gasteiger partial charge in [-0.2, -0.15) is 0 Å². The highest BCUT2D eigenvalue weighted by molar-refractivity contribution is 5.99. The smallest absolute Gasteiger partial charge is 0.326 e. The number of carbonyl (C=O) groups excluding carboxylic acids is 7. The van der Waals surface area contributed by atoms with Crippen molar-refractivity contribution in [2.24, 2.45) is 23.1 Å². The van der Waals surface area contributed by atoms with Gasteiger partial charge in [0.25, 0.3) is 0 Å². The maximum atomic E-state index is 13.8. The fourth-order valence-corrected chi connectivity index (χ4v) is 5.91. The quantitative estimate of drug-likeness (QED) is 0.0322. The number of carboxylic acid groups (broad SMARTS) is 4. The molecule has 1 aromatic rings. The van der Waals surface area contributed by atoms with Crippen LogP contribution in [0.15, 0.2) is 24.3 Å². The maximum absolute atomic E-state index is 13.8. The highest BCUT2D eigenvalue weighted by Gasteiger charge is 2.36. The molecule has 8 atom stereocenters. The summed E-state index contributed by atoms with van der Waals surface area (Å²) in [6, 6.07) is -5.92. The van der Waals surface area contributed by atoms with Crippen molar-refractivity contribution in [3.63, 3.8) is 0 Å². The second kappa shape index (κ2) is 27.9. The van der Waals surface area contributed by atoms with Crippen molar-refractivity contribution < 1.29 is 78.3 Å². The Morgan fingerprint density at radius 2 is 1.03 bits per heavy atom. The summed E-state index contributed by atoms with van der Waals surface area (Å²) in [5, 5.41) is 60.8. The fourth-order valence-electron chi connectivity index (χ4n) is 5.91. The van der Waals surface area contributed by atoms with Gasteiger partial charge in [-0.05, 0) is 68.7 Å². The summed E-state index contributed by atoms with van der Waals surface area (Å²) >= 11 is 0. The molecular formula is C39H59N9O16. The van der Waals surface area contributed by atoms with Gasteiger partial charge in [-0.25, -0.2) is 4.79 Å². The van der Waals surface area contributed by atoms with Crippen LogP contribution in [-0.4, -0.2) is 140 Å². The van der Waals surface area contributed by atoms with Gasteiger partial charge in [-0.3, -0.25) is 47.9 Å². The number of benzene rings is 1. The Labute approximate surface area is 367 Å². The van der Waals surface area contributed by atoms with Crippen LogP contribution in [-0.2, 0) is 59.2 Å². The lowest BCUT2D eigenvalue weighted by Crippen LogP contribution is -2.61. The average Bonchev–Trinajstić information content (AvgIpc) is 3.21. The molecule has 0 bridgehead atoms. The molecule has 17 N–H and O–H groups in total. The molecule has 0 saturated carbocycles. The zero-order valence-electron chi connectivity index (χ0n) is 35.4. The van der Waals surface area contributed by atoms with Gasteiger partial charge in [-0.1, -0.05) is 32.4 Å². The number of aromatic hydroxyl groups is 1. The fraction of sp³-hybridized carbons (Fsp3) is 0.564. The van der Waals surface area contributed by atoms with Crippen LogP contribution in [0.4, 0.5) is 0 Å². The molecule has 0 spiro atoms. The minimum Gasteiger partial charge on any atom is -0.508 e. The monoisotopic (exact) mass is 909 g/mol. The Balaban J connectivity index is 3.38. The number of primary amides is 1.